The van der Waals surface area contributed by atoms with Gasteiger partial charge in [0.25, 0.3) is 8.03 Å². The van der Waals surface area contributed by atoms with E-state index < -0.39 is 13.6 Å². The first-order chi connectivity index (χ1) is 3.55. The van der Waals surface area contributed by atoms with Gasteiger partial charge in [-0.25, -0.2) is 0 Å². The third-order valence-electron chi connectivity index (χ3n) is 0.735. The molecule has 48 valence electrons. The third-order valence-corrected chi connectivity index (χ3v) is 1.73. The first-order valence-electron chi connectivity index (χ1n) is 2.33. The van der Waals surface area contributed by atoms with Crippen LogP contribution in [0.5, 0.6) is 0 Å². The Morgan fingerprint density at radius 1 is 1.62 bits per heavy atom. The van der Waals surface area contributed by atoms with Gasteiger partial charge >= 0.3 is 0 Å². The van der Waals surface area contributed by atoms with Gasteiger partial charge in [0.05, 0.1) is 0 Å². The largest absolute Gasteiger partial charge is 0.341 e. The van der Waals surface area contributed by atoms with E-state index in [0.717, 1.165) is 0 Å². The Balaban J connectivity index is 3.84. The Bertz CT molecular complexity index is 118. The van der Waals surface area contributed by atoms with E-state index in [2.05, 4.69) is 0 Å². The molecule has 8 heavy (non-hydrogen) atoms. The van der Waals surface area contributed by atoms with E-state index in [1.807, 2.05) is 0 Å². The molecule has 0 aromatic carbocycles. The summed E-state index contributed by atoms with van der Waals surface area (Å²) in [5.41, 5.74) is -0.546. The van der Waals surface area contributed by atoms with Crippen LogP contribution in [0, 0.1) is 5.92 Å². The molecule has 0 aliphatic heterocycles. The number of carbonyl (C=O) groups is 1. The van der Waals surface area contributed by atoms with Crippen molar-refractivity contribution < 1.29 is 14.3 Å². The van der Waals surface area contributed by atoms with Gasteiger partial charge in [0.2, 0.25) is 5.52 Å². The van der Waals surface area contributed by atoms with E-state index in [4.69, 9.17) is 4.89 Å². The van der Waals surface area contributed by atoms with Crippen LogP contribution in [-0.4, -0.2) is 10.4 Å². The molecule has 0 aromatic rings. The topological polar surface area (TPSA) is 54.4 Å². The van der Waals surface area contributed by atoms with Gasteiger partial charge in [-0.15, -0.1) is 0 Å². The molecule has 3 nitrogen and oxygen atoms in total. The van der Waals surface area contributed by atoms with Crippen molar-refractivity contribution in [2.24, 2.45) is 5.92 Å². The standard InChI is InChI=1S/C4H9O3P/c1-3(2)4(5)8(6)7/h3,8H,1-2H3,(H,6,7). The minimum Gasteiger partial charge on any atom is -0.341 e. The number of carbonyl (C=O) groups excluding carboxylic acids is 1. The molecule has 0 saturated carbocycles. The molecule has 0 fully saturated rings. The lowest BCUT2D eigenvalue weighted by Gasteiger charge is -1.95. The molecule has 0 rings (SSSR count). The van der Waals surface area contributed by atoms with Crippen LogP contribution >= 0.6 is 8.03 Å². The molecular formula is C4H9O3P. The van der Waals surface area contributed by atoms with Gasteiger partial charge in [0.15, 0.2) is 0 Å². The van der Waals surface area contributed by atoms with Crippen molar-refractivity contribution in [1.82, 2.24) is 0 Å². The highest BCUT2D eigenvalue weighted by Crippen LogP contribution is 2.19. The Kier molecular flexibility index (Phi) is 2.95. The Morgan fingerprint density at radius 2 is 2.00 bits per heavy atom. The van der Waals surface area contributed by atoms with Crippen LogP contribution in [0.3, 0.4) is 0 Å². The molecule has 4 heteroatoms. The second-order valence-electron chi connectivity index (χ2n) is 1.82. The molecule has 0 saturated heterocycles. The molecule has 0 bridgehead atoms. The molecule has 0 spiro atoms. The van der Waals surface area contributed by atoms with Crippen LogP contribution in [0.2, 0.25) is 0 Å². The predicted molar refractivity (Wildman–Crippen MR) is 31.1 cm³/mol. The van der Waals surface area contributed by atoms with Gasteiger partial charge in [-0.1, -0.05) is 13.8 Å². The van der Waals surface area contributed by atoms with Crippen LogP contribution in [0.1, 0.15) is 13.8 Å². The van der Waals surface area contributed by atoms with Crippen molar-refractivity contribution in [2.75, 3.05) is 0 Å². The zero-order chi connectivity index (χ0) is 6.73. The molecule has 1 atom stereocenters. The number of hydrogen-bond acceptors (Lipinski definition) is 2. The SMILES string of the molecule is CC(C)C(=O)[PH](=O)O. The van der Waals surface area contributed by atoms with Crippen molar-refractivity contribution in [3.05, 3.63) is 0 Å². The van der Waals surface area contributed by atoms with Crippen molar-refractivity contribution in [3.63, 3.8) is 0 Å². The summed E-state index contributed by atoms with van der Waals surface area (Å²) < 4.78 is 9.98. The molecule has 0 amide bonds. The maximum atomic E-state index is 10.3. The van der Waals surface area contributed by atoms with E-state index in [0.29, 0.717) is 0 Å². The normalized spacial score (nSPS) is 14.0. The van der Waals surface area contributed by atoms with Crippen molar-refractivity contribution in [1.29, 1.82) is 0 Å². The lowest BCUT2D eigenvalue weighted by Crippen LogP contribution is -1.99. The summed E-state index contributed by atoms with van der Waals surface area (Å²) in [6.45, 7) is 3.20. The maximum absolute atomic E-state index is 10.3. The lowest BCUT2D eigenvalue weighted by molar-refractivity contribution is -0.114. The highest BCUT2D eigenvalue weighted by atomic mass is 31.1. The molecule has 0 radical (unpaired) electrons. The molecular weight excluding hydrogens is 127 g/mol. The molecule has 0 heterocycles. The zero-order valence-electron chi connectivity index (χ0n) is 4.84. The second-order valence-corrected chi connectivity index (χ2v) is 2.93. The minimum atomic E-state index is -2.90. The number of hydrogen-bond donors (Lipinski definition) is 1. The monoisotopic (exact) mass is 136 g/mol. The highest BCUT2D eigenvalue weighted by Gasteiger charge is 2.11. The Morgan fingerprint density at radius 3 is 2.00 bits per heavy atom. The molecule has 1 unspecified atom stereocenters. The summed E-state index contributed by atoms with van der Waals surface area (Å²) in [6.07, 6.45) is 0. The molecule has 0 aliphatic rings. The van der Waals surface area contributed by atoms with Crippen LogP contribution in [0.25, 0.3) is 0 Å². The van der Waals surface area contributed by atoms with Crippen LogP contribution in [-0.2, 0) is 9.36 Å². The van der Waals surface area contributed by atoms with Crippen molar-refractivity contribution in [3.8, 4) is 0 Å². The average molecular weight is 136 g/mol. The van der Waals surface area contributed by atoms with E-state index in [1.54, 1.807) is 13.8 Å². The summed E-state index contributed by atoms with van der Waals surface area (Å²) in [5, 5.41) is 0. The Labute approximate surface area is 48.6 Å². The van der Waals surface area contributed by atoms with E-state index in [9.17, 15) is 9.36 Å². The van der Waals surface area contributed by atoms with Crippen molar-refractivity contribution in [2.45, 2.75) is 13.8 Å². The third kappa shape index (κ3) is 2.24. The zero-order valence-corrected chi connectivity index (χ0v) is 5.84. The van der Waals surface area contributed by atoms with Crippen molar-refractivity contribution >= 4 is 13.6 Å². The van der Waals surface area contributed by atoms with Crippen LogP contribution < -0.4 is 0 Å². The minimum absolute atomic E-state index is 0.314. The van der Waals surface area contributed by atoms with Gasteiger partial charge < -0.3 is 4.89 Å². The maximum Gasteiger partial charge on any atom is 0.253 e. The predicted octanol–water partition coefficient (Wildman–Crippen LogP) is 0.636. The number of rotatable bonds is 2. The summed E-state index contributed by atoms with van der Waals surface area (Å²) in [6, 6.07) is 0. The highest BCUT2D eigenvalue weighted by molar-refractivity contribution is 7.58. The molecule has 0 aliphatic carbocycles. The molecule has 0 aromatic heterocycles. The fraction of sp³-hybridized carbons (Fsp3) is 0.750. The molecule has 1 N–H and O–H groups in total. The van der Waals surface area contributed by atoms with E-state index >= 15 is 0 Å². The van der Waals surface area contributed by atoms with Gasteiger partial charge in [-0.05, 0) is 0 Å². The van der Waals surface area contributed by atoms with Gasteiger partial charge in [0.1, 0.15) is 0 Å². The summed E-state index contributed by atoms with van der Waals surface area (Å²) in [5.74, 6) is -0.314. The van der Waals surface area contributed by atoms with Gasteiger partial charge in [-0.3, -0.25) is 9.36 Å². The van der Waals surface area contributed by atoms with E-state index in [-0.39, 0.29) is 5.92 Å². The summed E-state index contributed by atoms with van der Waals surface area (Å²) in [4.78, 5) is 18.5. The first kappa shape index (κ1) is 7.86. The second kappa shape index (κ2) is 3.00. The van der Waals surface area contributed by atoms with E-state index in [1.165, 1.54) is 0 Å². The first-order valence-corrected chi connectivity index (χ1v) is 3.68. The quantitative estimate of drug-likeness (QED) is 0.566. The lowest BCUT2D eigenvalue weighted by atomic mass is 10.3. The van der Waals surface area contributed by atoms with Gasteiger partial charge in [0, 0.05) is 5.92 Å². The summed E-state index contributed by atoms with van der Waals surface area (Å²) >= 11 is 0. The van der Waals surface area contributed by atoms with Crippen LogP contribution in [0.15, 0.2) is 0 Å². The van der Waals surface area contributed by atoms with Crippen LogP contribution in [0.4, 0.5) is 0 Å². The smallest absolute Gasteiger partial charge is 0.253 e. The summed E-state index contributed by atoms with van der Waals surface area (Å²) in [7, 11) is -2.90. The van der Waals surface area contributed by atoms with Gasteiger partial charge in [-0.2, -0.15) is 0 Å². The Hall–Kier alpha value is -0.140. The average Bonchev–Trinajstić information content (AvgIpc) is 1.64. The fourth-order valence-corrected chi connectivity index (χ4v) is 0.741. The fourth-order valence-electron chi connectivity index (χ4n) is 0.247.